The molecule has 0 aliphatic carbocycles. The van der Waals surface area contributed by atoms with Crippen molar-refractivity contribution >= 4 is 23.8 Å². The summed E-state index contributed by atoms with van der Waals surface area (Å²) < 4.78 is 6.06. The number of aliphatic carboxylic acids is 1. The van der Waals surface area contributed by atoms with E-state index in [1.807, 2.05) is 0 Å². The summed E-state index contributed by atoms with van der Waals surface area (Å²) in [6, 6.07) is -1.38. The lowest BCUT2D eigenvalue weighted by Gasteiger charge is -2.18. The molecule has 0 bridgehead atoms. The van der Waals surface area contributed by atoms with E-state index in [2.05, 4.69) is 36.6 Å². The van der Waals surface area contributed by atoms with Crippen molar-refractivity contribution in [2.45, 2.75) is 270 Å². The summed E-state index contributed by atoms with van der Waals surface area (Å²) in [5.41, 5.74) is 0. The highest BCUT2D eigenvalue weighted by Crippen LogP contribution is 2.19. The number of esters is 1. The molecule has 0 heterocycles. The highest BCUT2D eigenvalue weighted by atomic mass is 16.5. The van der Waals surface area contributed by atoms with E-state index >= 15 is 0 Å². The molecule has 59 heavy (non-hydrogen) atoms. The number of allylic oxidation sites excluding steroid dienone is 2. The molecule has 0 saturated carbocycles. The SMILES string of the molecule is CCCCCCCC/C=C\CCCCCCCCCCCC(=O)OC(CCCCCCCCCCCCCC)CCCCCCCC(=O)NCC(=O)NC(CO)C(=O)O. The lowest BCUT2D eigenvalue weighted by atomic mass is 10.0. The quantitative estimate of drug-likeness (QED) is 0.0272. The van der Waals surface area contributed by atoms with Gasteiger partial charge in [0.25, 0.3) is 0 Å². The van der Waals surface area contributed by atoms with E-state index in [0.717, 1.165) is 57.8 Å². The number of nitrogens with one attached hydrogen (secondary N) is 2. The van der Waals surface area contributed by atoms with Crippen molar-refractivity contribution in [1.82, 2.24) is 10.6 Å². The van der Waals surface area contributed by atoms with E-state index in [-0.39, 0.29) is 24.5 Å². The number of hydrogen-bond donors (Lipinski definition) is 4. The lowest BCUT2D eigenvalue weighted by Crippen LogP contribution is -2.47. The van der Waals surface area contributed by atoms with Crippen LogP contribution in [-0.2, 0) is 23.9 Å². The van der Waals surface area contributed by atoms with Gasteiger partial charge >= 0.3 is 11.9 Å². The van der Waals surface area contributed by atoms with Crippen LogP contribution in [0.25, 0.3) is 0 Å². The van der Waals surface area contributed by atoms with E-state index in [1.54, 1.807) is 0 Å². The Hall–Kier alpha value is -2.42. The first-order chi connectivity index (χ1) is 28.8. The molecule has 9 nitrogen and oxygen atoms in total. The van der Waals surface area contributed by atoms with Crippen LogP contribution in [0.15, 0.2) is 12.2 Å². The Labute approximate surface area is 362 Å². The number of amides is 2. The van der Waals surface area contributed by atoms with Gasteiger partial charge in [0.15, 0.2) is 0 Å². The van der Waals surface area contributed by atoms with Gasteiger partial charge in [-0.1, -0.05) is 193 Å². The fourth-order valence-corrected chi connectivity index (χ4v) is 7.65. The predicted octanol–water partition coefficient (Wildman–Crippen LogP) is 13.0. The monoisotopic (exact) mass is 835 g/mol. The largest absolute Gasteiger partial charge is 0.480 e. The molecule has 0 aliphatic rings. The molecule has 2 atom stereocenters. The third-order valence-corrected chi connectivity index (χ3v) is 11.5. The number of unbranched alkanes of at least 4 members (excludes halogenated alkanes) is 30. The fourth-order valence-electron chi connectivity index (χ4n) is 7.65. The second-order valence-corrected chi connectivity index (χ2v) is 17.3. The normalized spacial score (nSPS) is 12.5. The standard InChI is InChI=1S/C50H94N2O7/c1-3-5-7-9-11-13-15-17-18-19-20-21-22-23-25-27-29-34-38-42-49(56)59-45(39-35-31-28-26-24-16-14-12-10-8-6-4-2)40-36-32-30-33-37-41-47(54)51-43-48(55)52-46(44-53)50(57)58/h17-18,45-46,53H,3-16,19-44H2,1-2H3,(H,51,54)(H,52,55)(H,57,58)/b18-17-. The summed E-state index contributed by atoms with van der Waals surface area (Å²) in [5.74, 6) is -2.27. The molecule has 2 unspecified atom stereocenters. The maximum Gasteiger partial charge on any atom is 0.328 e. The van der Waals surface area contributed by atoms with Crippen LogP contribution in [0.2, 0.25) is 0 Å². The van der Waals surface area contributed by atoms with Gasteiger partial charge in [0, 0.05) is 12.8 Å². The molecular weight excluding hydrogens is 741 g/mol. The number of aliphatic hydroxyl groups is 1. The average Bonchev–Trinajstić information content (AvgIpc) is 3.22. The molecule has 0 saturated heterocycles. The molecule has 0 aromatic carbocycles. The summed E-state index contributed by atoms with van der Waals surface area (Å²) >= 11 is 0. The minimum atomic E-state index is -1.38. The topological polar surface area (TPSA) is 142 Å². The van der Waals surface area contributed by atoms with Crippen LogP contribution >= 0.6 is 0 Å². The summed E-state index contributed by atoms with van der Waals surface area (Å²) in [6.07, 6.45) is 49.6. The van der Waals surface area contributed by atoms with Crippen molar-refractivity contribution < 1.29 is 34.1 Å². The molecule has 0 fully saturated rings. The third kappa shape index (κ3) is 42.1. The smallest absolute Gasteiger partial charge is 0.328 e. The van der Waals surface area contributed by atoms with Crippen molar-refractivity contribution in [3.8, 4) is 0 Å². The zero-order valence-corrected chi connectivity index (χ0v) is 38.5. The molecule has 0 aromatic rings. The van der Waals surface area contributed by atoms with Crippen LogP contribution in [-0.4, -0.2) is 59.3 Å². The zero-order valence-electron chi connectivity index (χ0n) is 38.5. The number of hydrogen-bond acceptors (Lipinski definition) is 6. The molecule has 0 rings (SSSR count). The van der Waals surface area contributed by atoms with Crippen molar-refractivity contribution in [3.05, 3.63) is 12.2 Å². The van der Waals surface area contributed by atoms with Crippen molar-refractivity contribution in [3.63, 3.8) is 0 Å². The molecule has 0 spiro atoms. The number of rotatable bonds is 46. The maximum atomic E-state index is 12.9. The van der Waals surface area contributed by atoms with Gasteiger partial charge in [-0.05, 0) is 64.2 Å². The number of ether oxygens (including phenoxy) is 1. The Kier molecular flexibility index (Phi) is 43.3. The van der Waals surface area contributed by atoms with Gasteiger partial charge < -0.3 is 25.6 Å². The van der Waals surface area contributed by atoms with Crippen molar-refractivity contribution in [2.75, 3.05) is 13.2 Å². The molecule has 0 radical (unpaired) electrons. The van der Waals surface area contributed by atoms with Crippen molar-refractivity contribution in [2.24, 2.45) is 0 Å². The highest BCUT2D eigenvalue weighted by molar-refractivity contribution is 5.87. The molecule has 9 heteroatoms. The summed E-state index contributed by atoms with van der Waals surface area (Å²) in [6.45, 7) is 3.51. The third-order valence-electron chi connectivity index (χ3n) is 11.5. The van der Waals surface area contributed by atoms with E-state index < -0.39 is 24.5 Å². The van der Waals surface area contributed by atoms with Gasteiger partial charge in [-0.15, -0.1) is 0 Å². The molecule has 0 aromatic heterocycles. The summed E-state index contributed by atoms with van der Waals surface area (Å²) in [4.78, 5) is 47.7. The predicted molar refractivity (Wildman–Crippen MR) is 245 cm³/mol. The second kappa shape index (κ2) is 45.1. The van der Waals surface area contributed by atoms with Crippen LogP contribution in [0.1, 0.15) is 258 Å². The lowest BCUT2D eigenvalue weighted by molar-refractivity contribution is -0.150. The van der Waals surface area contributed by atoms with Crippen LogP contribution in [0.4, 0.5) is 0 Å². The van der Waals surface area contributed by atoms with Crippen molar-refractivity contribution in [1.29, 1.82) is 0 Å². The van der Waals surface area contributed by atoms with Crippen LogP contribution in [0, 0.1) is 0 Å². The van der Waals surface area contributed by atoms with Gasteiger partial charge in [-0.3, -0.25) is 14.4 Å². The number of carboxylic acids is 1. The second-order valence-electron chi connectivity index (χ2n) is 17.3. The van der Waals surface area contributed by atoms with Crippen LogP contribution in [0.5, 0.6) is 0 Å². The fraction of sp³-hybridized carbons (Fsp3) is 0.880. The first kappa shape index (κ1) is 56.6. The Bertz CT molecular complexity index is 1000. The van der Waals surface area contributed by atoms with E-state index in [4.69, 9.17) is 14.9 Å². The Balaban J connectivity index is 4.23. The highest BCUT2D eigenvalue weighted by Gasteiger charge is 2.19. The molecule has 2 amide bonds. The van der Waals surface area contributed by atoms with E-state index in [9.17, 15) is 19.2 Å². The first-order valence-electron chi connectivity index (χ1n) is 25.1. The van der Waals surface area contributed by atoms with E-state index in [1.165, 1.54) is 167 Å². The van der Waals surface area contributed by atoms with Gasteiger partial charge in [-0.25, -0.2) is 4.79 Å². The first-order valence-corrected chi connectivity index (χ1v) is 25.1. The Morgan fingerprint density at radius 1 is 0.492 bits per heavy atom. The number of carbonyl (C=O) groups is 4. The zero-order chi connectivity index (χ0) is 43.3. The molecular formula is C50H94N2O7. The van der Waals surface area contributed by atoms with E-state index in [0.29, 0.717) is 19.3 Å². The number of aliphatic hydroxyl groups excluding tert-OH is 1. The minimum Gasteiger partial charge on any atom is -0.480 e. The van der Waals surface area contributed by atoms with Gasteiger partial charge in [0.05, 0.1) is 13.2 Å². The summed E-state index contributed by atoms with van der Waals surface area (Å²) in [5, 5.41) is 22.6. The van der Waals surface area contributed by atoms with Gasteiger partial charge in [-0.2, -0.15) is 0 Å². The summed E-state index contributed by atoms with van der Waals surface area (Å²) in [7, 11) is 0. The molecule has 0 aliphatic heterocycles. The number of carbonyl (C=O) groups excluding carboxylic acids is 3. The number of carboxylic acid groups (broad SMARTS) is 1. The van der Waals surface area contributed by atoms with Crippen LogP contribution in [0.3, 0.4) is 0 Å². The minimum absolute atomic E-state index is 0.00934. The van der Waals surface area contributed by atoms with Gasteiger partial charge in [0.2, 0.25) is 11.8 Å². The van der Waals surface area contributed by atoms with Gasteiger partial charge in [0.1, 0.15) is 12.1 Å². The average molecular weight is 835 g/mol. The molecule has 4 N–H and O–H groups in total. The molecule has 346 valence electrons. The Morgan fingerprint density at radius 3 is 1.27 bits per heavy atom. The van der Waals surface area contributed by atoms with Crippen LogP contribution < -0.4 is 10.6 Å². The Morgan fingerprint density at radius 2 is 0.864 bits per heavy atom. The maximum absolute atomic E-state index is 12.9.